The van der Waals surface area contributed by atoms with E-state index in [1.165, 1.54) is 0 Å². The van der Waals surface area contributed by atoms with Crippen LogP contribution >= 0.6 is 0 Å². The highest BCUT2D eigenvalue weighted by Gasteiger charge is 2.57. The van der Waals surface area contributed by atoms with Gasteiger partial charge >= 0.3 is 5.51 Å². The minimum atomic E-state index is -5.16. The highest BCUT2D eigenvalue weighted by Crippen LogP contribution is 2.49. The van der Waals surface area contributed by atoms with Crippen LogP contribution in [0.2, 0.25) is 0 Å². The largest absolute Gasteiger partial charge is 0.497 e. The summed E-state index contributed by atoms with van der Waals surface area (Å²) in [4.78, 5) is 0. The molecule has 1 fully saturated rings. The highest BCUT2D eigenvalue weighted by molar-refractivity contribution is 7.93. The lowest BCUT2D eigenvalue weighted by Crippen LogP contribution is -2.33. The molecule has 2 N–H and O–H groups in total. The molecule has 7 heteroatoms. The lowest BCUT2D eigenvalue weighted by atomic mass is 10.2. The van der Waals surface area contributed by atoms with E-state index in [1.807, 2.05) is 0 Å². The van der Waals surface area contributed by atoms with Gasteiger partial charge in [0.25, 0.3) is 9.84 Å². The van der Waals surface area contributed by atoms with E-state index in [9.17, 15) is 21.6 Å². The summed E-state index contributed by atoms with van der Waals surface area (Å²) in [5.41, 5.74) is 0.940. The molecule has 0 aromatic rings. The number of sulfone groups is 1. The fourth-order valence-electron chi connectivity index (χ4n) is 1.80. The first kappa shape index (κ1) is 9.97. The summed E-state index contributed by atoms with van der Waals surface area (Å²) in [5, 5.41) is -1.41. The zero-order valence-electron chi connectivity index (χ0n) is 6.95. The standard InChI is InChI=1S/C7H8F3NO2S/c8-7(9,10)14(12,13)3-1-4-5(2-3)6(4)11/h1,3,5-6H,2,11H2. The van der Waals surface area contributed by atoms with Crippen molar-refractivity contribution in [3.63, 3.8) is 0 Å². The zero-order valence-corrected chi connectivity index (χ0v) is 7.77. The van der Waals surface area contributed by atoms with Crippen LogP contribution in [0.15, 0.2) is 11.6 Å². The van der Waals surface area contributed by atoms with Crippen molar-refractivity contribution < 1.29 is 21.6 Å². The van der Waals surface area contributed by atoms with Crippen LogP contribution < -0.4 is 5.73 Å². The van der Waals surface area contributed by atoms with Crippen molar-refractivity contribution in [2.45, 2.75) is 23.2 Å². The molecule has 2 aliphatic rings. The van der Waals surface area contributed by atoms with Crippen molar-refractivity contribution in [1.29, 1.82) is 0 Å². The summed E-state index contributed by atoms with van der Waals surface area (Å²) in [6.45, 7) is 0. The van der Waals surface area contributed by atoms with Crippen molar-refractivity contribution in [2.75, 3.05) is 0 Å². The van der Waals surface area contributed by atoms with Gasteiger partial charge in [0.15, 0.2) is 0 Å². The number of hydrogen-bond acceptors (Lipinski definition) is 3. The van der Waals surface area contributed by atoms with E-state index < -0.39 is 20.6 Å². The first-order chi connectivity index (χ1) is 6.25. The Balaban J connectivity index is 2.24. The van der Waals surface area contributed by atoms with Gasteiger partial charge in [0.1, 0.15) is 0 Å². The van der Waals surface area contributed by atoms with Gasteiger partial charge in [-0.15, -0.1) is 0 Å². The SMILES string of the molecule is NC1C2=CC(S(=O)(=O)C(F)(F)F)CC21. The van der Waals surface area contributed by atoms with E-state index in [0.717, 1.165) is 6.08 Å². The molecule has 0 saturated heterocycles. The van der Waals surface area contributed by atoms with Crippen molar-refractivity contribution in [2.24, 2.45) is 11.7 Å². The van der Waals surface area contributed by atoms with E-state index in [2.05, 4.69) is 0 Å². The number of hydrogen-bond donors (Lipinski definition) is 1. The van der Waals surface area contributed by atoms with Crippen LogP contribution in [0.1, 0.15) is 6.42 Å². The van der Waals surface area contributed by atoms with Crippen molar-refractivity contribution in [3.05, 3.63) is 11.6 Å². The second-order valence-electron chi connectivity index (χ2n) is 3.56. The number of halogens is 3. The predicted molar refractivity (Wildman–Crippen MR) is 42.9 cm³/mol. The second kappa shape index (κ2) is 2.52. The Morgan fingerprint density at radius 2 is 2.00 bits per heavy atom. The van der Waals surface area contributed by atoms with Gasteiger partial charge in [-0.2, -0.15) is 13.2 Å². The summed E-state index contributed by atoms with van der Waals surface area (Å²) in [6.07, 6.45) is 1.14. The van der Waals surface area contributed by atoms with Gasteiger partial charge in [0.05, 0.1) is 5.25 Å². The Kier molecular flexibility index (Phi) is 1.79. The van der Waals surface area contributed by atoms with Crippen molar-refractivity contribution in [3.8, 4) is 0 Å². The lowest BCUT2D eigenvalue weighted by molar-refractivity contribution is -0.0441. The molecule has 3 nitrogen and oxygen atoms in total. The molecule has 0 aromatic carbocycles. The van der Waals surface area contributed by atoms with Crippen LogP contribution in [-0.4, -0.2) is 25.2 Å². The van der Waals surface area contributed by atoms with Crippen LogP contribution in [0.25, 0.3) is 0 Å². The maximum atomic E-state index is 12.1. The van der Waals surface area contributed by atoms with Crippen LogP contribution in [0, 0.1) is 5.92 Å². The van der Waals surface area contributed by atoms with E-state index in [4.69, 9.17) is 5.73 Å². The Morgan fingerprint density at radius 3 is 2.36 bits per heavy atom. The van der Waals surface area contributed by atoms with Gasteiger partial charge in [-0.3, -0.25) is 0 Å². The van der Waals surface area contributed by atoms with Crippen LogP contribution in [0.3, 0.4) is 0 Å². The zero-order chi connectivity index (χ0) is 10.7. The van der Waals surface area contributed by atoms with Gasteiger partial charge in [0.2, 0.25) is 0 Å². The maximum absolute atomic E-state index is 12.1. The summed E-state index contributed by atoms with van der Waals surface area (Å²) in [5.74, 6) is -0.142. The minimum Gasteiger partial charge on any atom is -0.324 e. The molecular formula is C7H8F3NO2S. The third-order valence-electron chi connectivity index (χ3n) is 2.72. The molecule has 1 saturated carbocycles. The summed E-state index contributed by atoms with van der Waals surface area (Å²) >= 11 is 0. The van der Waals surface area contributed by atoms with Gasteiger partial charge in [-0.25, -0.2) is 8.42 Å². The maximum Gasteiger partial charge on any atom is 0.497 e. The molecule has 0 heterocycles. The molecule has 0 aliphatic heterocycles. The Morgan fingerprint density at radius 1 is 1.43 bits per heavy atom. The molecule has 2 aliphatic carbocycles. The molecule has 0 spiro atoms. The molecule has 80 valence electrons. The minimum absolute atomic E-state index is 0.0155. The molecule has 0 amide bonds. The van der Waals surface area contributed by atoms with Gasteiger partial charge in [-0.05, 0) is 6.42 Å². The van der Waals surface area contributed by atoms with Gasteiger partial charge < -0.3 is 5.73 Å². The van der Waals surface area contributed by atoms with Gasteiger partial charge in [-0.1, -0.05) is 11.6 Å². The average molecular weight is 227 g/mol. The molecule has 3 atom stereocenters. The monoisotopic (exact) mass is 227 g/mol. The highest BCUT2D eigenvalue weighted by atomic mass is 32.2. The summed E-state index contributed by atoms with van der Waals surface area (Å²) in [7, 11) is -5.03. The number of nitrogens with two attached hydrogens (primary N) is 1. The average Bonchev–Trinajstić information content (AvgIpc) is 2.45. The Hall–Kier alpha value is -0.560. The Bertz CT molecular complexity index is 398. The fraction of sp³-hybridized carbons (Fsp3) is 0.714. The molecule has 14 heavy (non-hydrogen) atoms. The first-order valence-corrected chi connectivity index (χ1v) is 5.57. The molecule has 2 rings (SSSR count). The lowest BCUT2D eigenvalue weighted by Gasteiger charge is -2.13. The van der Waals surface area contributed by atoms with Crippen molar-refractivity contribution in [1.82, 2.24) is 0 Å². The van der Waals surface area contributed by atoms with E-state index in [-0.39, 0.29) is 18.4 Å². The number of fused-ring (bicyclic) bond motifs is 1. The molecule has 0 aromatic heterocycles. The molecular weight excluding hydrogens is 219 g/mol. The molecule has 0 bridgehead atoms. The van der Waals surface area contributed by atoms with Crippen LogP contribution in [0.5, 0.6) is 0 Å². The third kappa shape index (κ3) is 1.18. The van der Waals surface area contributed by atoms with E-state index in [0.29, 0.717) is 5.57 Å². The van der Waals surface area contributed by atoms with Gasteiger partial charge in [0, 0.05) is 12.0 Å². The Labute approximate surface area is 78.7 Å². The first-order valence-electron chi connectivity index (χ1n) is 4.02. The molecule has 0 radical (unpaired) electrons. The van der Waals surface area contributed by atoms with E-state index >= 15 is 0 Å². The predicted octanol–water partition coefficient (Wildman–Crippen LogP) is 0.577. The van der Waals surface area contributed by atoms with Crippen LogP contribution in [0.4, 0.5) is 13.2 Å². The normalized spacial score (nSPS) is 36.6. The summed E-state index contributed by atoms with van der Waals surface area (Å²) < 4.78 is 58.1. The number of alkyl halides is 3. The second-order valence-corrected chi connectivity index (χ2v) is 5.72. The topological polar surface area (TPSA) is 60.2 Å². The third-order valence-corrected chi connectivity index (χ3v) is 4.49. The van der Waals surface area contributed by atoms with Crippen molar-refractivity contribution >= 4 is 9.84 Å². The molecule has 3 unspecified atom stereocenters. The quantitative estimate of drug-likeness (QED) is 0.666. The van der Waals surface area contributed by atoms with E-state index in [1.54, 1.807) is 0 Å². The smallest absolute Gasteiger partial charge is 0.324 e. The summed E-state index contributed by atoms with van der Waals surface area (Å²) in [6, 6.07) is -0.213. The fourth-order valence-corrected chi connectivity index (χ4v) is 2.94. The van der Waals surface area contributed by atoms with Crippen LogP contribution in [-0.2, 0) is 9.84 Å². The number of rotatable bonds is 1.